The number of H-pyrrole nitrogens is 1. The van der Waals surface area contributed by atoms with E-state index in [1.165, 1.54) is 5.56 Å². The Bertz CT molecular complexity index is 1060. The second kappa shape index (κ2) is 9.69. The van der Waals surface area contributed by atoms with Crippen LogP contribution in [0.4, 0.5) is 0 Å². The predicted octanol–water partition coefficient (Wildman–Crippen LogP) is 4.10. The van der Waals surface area contributed by atoms with E-state index in [0.29, 0.717) is 19.5 Å². The summed E-state index contributed by atoms with van der Waals surface area (Å²) in [5.74, 6) is 0.374. The zero-order valence-corrected chi connectivity index (χ0v) is 18.2. The summed E-state index contributed by atoms with van der Waals surface area (Å²) >= 11 is 0. The van der Waals surface area contributed by atoms with Crippen LogP contribution in [0.15, 0.2) is 52.6 Å². The van der Waals surface area contributed by atoms with E-state index in [0.717, 1.165) is 47.4 Å². The van der Waals surface area contributed by atoms with E-state index in [2.05, 4.69) is 45.3 Å². The lowest BCUT2D eigenvalue weighted by Crippen LogP contribution is -2.37. The number of carbonyl (C=O) groups is 1. The Morgan fingerprint density at radius 1 is 1.35 bits per heavy atom. The second-order valence-corrected chi connectivity index (χ2v) is 7.94. The molecule has 31 heavy (non-hydrogen) atoms. The lowest BCUT2D eigenvalue weighted by atomic mass is 9.93. The van der Waals surface area contributed by atoms with E-state index in [-0.39, 0.29) is 11.8 Å². The van der Waals surface area contributed by atoms with Crippen LogP contribution in [0.5, 0.6) is 0 Å². The average molecular weight is 416 g/mol. The summed E-state index contributed by atoms with van der Waals surface area (Å²) in [7, 11) is 1.78. The smallest absolute Gasteiger partial charge is 0.227 e. The van der Waals surface area contributed by atoms with E-state index >= 15 is 0 Å². The lowest BCUT2D eigenvalue weighted by molar-refractivity contribution is -0.131. The minimum atomic E-state index is 0.148. The molecule has 0 radical (unpaired) electrons. The Labute approximate surface area is 183 Å². The zero-order valence-electron chi connectivity index (χ0n) is 18.2. The van der Waals surface area contributed by atoms with Gasteiger partial charge in [-0.15, -0.1) is 0 Å². The van der Waals surface area contributed by atoms with Gasteiger partial charge >= 0.3 is 0 Å². The van der Waals surface area contributed by atoms with Crippen molar-refractivity contribution in [3.8, 4) is 0 Å². The molecule has 4 rings (SSSR count). The van der Waals surface area contributed by atoms with Gasteiger partial charge in [-0.2, -0.15) is 5.10 Å². The van der Waals surface area contributed by atoms with Crippen LogP contribution in [0, 0.1) is 0 Å². The summed E-state index contributed by atoms with van der Waals surface area (Å²) in [6, 6.07) is 8.14. The van der Waals surface area contributed by atoms with Crippen molar-refractivity contribution < 1.29 is 4.79 Å². The largest absolute Gasteiger partial charge is 0.338 e. The van der Waals surface area contributed by atoms with E-state index in [4.69, 9.17) is 0 Å². The van der Waals surface area contributed by atoms with Crippen molar-refractivity contribution >= 4 is 23.9 Å². The summed E-state index contributed by atoms with van der Waals surface area (Å²) in [6.07, 6.45) is 12.8. The van der Waals surface area contributed by atoms with Crippen molar-refractivity contribution in [1.29, 1.82) is 0 Å². The van der Waals surface area contributed by atoms with Crippen molar-refractivity contribution in [2.75, 3.05) is 13.6 Å². The maximum absolute atomic E-state index is 13.3. The molecule has 160 valence electrons. The summed E-state index contributed by atoms with van der Waals surface area (Å²) in [4.78, 5) is 23.6. The molecule has 0 saturated heterocycles. The number of aromatic amines is 1. The van der Waals surface area contributed by atoms with Crippen LogP contribution in [-0.4, -0.2) is 47.0 Å². The quantitative estimate of drug-likeness (QED) is 0.721. The zero-order chi connectivity index (χ0) is 21.6. The number of benzene rings is 1. The van der Waals surface area contributed by atoms with Crippen molar-refractivity contribution in [3.05, 3.63) is 70.7 Å². The Kier molecular flexibility index (Phi) is 6.55. The normalized spacial score (nSPS) is 18.6. The van der Waals surface area contributed by atoms with Gasteiger partial charge in [-0.1, -0.05) is 43.3 Å². The molecule has 1 unspecified atom stereocenters. The van der Waals surface area contributed by atoms with Crippen molar-refractivity contribution in [2.45, 2.75) is 45.1 Å². The van der Waals surface area contributed by atoms with Crippen molar-refractivity contribution in [1.82, 2.24) is 15.1 Å². The Hall–Kier alpha value is -3.28. The highest BCUT2D eigenvalue weighted by Crippen LogP contribution is 2.30. The fraction of sp³-hybridized carbons (Fsp3) is 0.360. The van der Waals surface area contributed by atoms with Gasteiger partial charge in [-0.3, -0.25) is 19.9 Å². The molecule has 0 aliphatic carbocycles. The van der Waals surface area contributed by atoms with Crippen LogP contribution in [0.25, 0.3) is 5.57 Å². The number of amides is 1. The molecular weight excluding hydrogens is 386 g/mol. The van der Waals surface area contributed by atoms with Crippen LogP contribution in [0.1, 0.15) is 53.8 Å². The molecule has 0 saturated carbocycles. The summed E-state index contributed by atoms with van der Waals surface area (Å²) in [6.45, 7) is 3.43. The molecule has 0 spiro atoms. The van der Waals surface area contributed by atoms with E-state index in [9.17, 15) is 4.79 Å². The topological polar surface area (TPSA) is 73.7 Å². The minimum absolute atomic E-state index is 0.148. The number of aromatic nitrogens is 2. The summed E-state index contributed by atoms with van der Waals surface area (Å²) in [5, 5.41) is 7.78. The molecule has 3 heterocycles. The number of hydrogen-bond acceptors (Lipinski definition) is 4. The fourth-order valence-corrected chi connectivity index (χ4v) is 4.33. The predicted molar refractivity (Wildman–Crippen MR) is 126 cm³/mol. The van der Waals surface area contributed by atoms with Crippen LogP contribution in [0.3, 0.4) is 0 Å². The van der Waals surface area contributed by atoms with Crippen LogP contribution < -0.4 is 0 Å². The number of nitrogens with zero attached hydrogens (tertiary/aromatic N) is 4. The maximum Gasteiger partial charge on any atom is 0.227 e. The van der Waals surface area contributed by atoms with Gasteiger partial charge in [-0.05, 0) is 29.5 Å². The van der Waals surface area contributed by atoms with Gasteiger partial charge in [0.25, 0.3) is 0 Å². The number of nitrogens with one attached hydrogen (secondary N) is 1. The van der Waals surface area contributed by atoms with E-state index in [1.54, 1.807) is 7.05 Å². The SMILES string of the molecule is CC/C=C(\C=NC)c1ccccc1CC(=O)N1CCc2[nH]nc(C3C=CN=CC3)c2C1. The Morgan fingerprint density at radius 3 is 3.00 bits per heavy atom. The Balaban J connectivity index is 1.53. The number of carbonyl (C=O) groups excluding carboxylic acids is 1. The fourth-order valence-electron chi connectivity index (χ4n) is 4.33. The van der Waals surface area contributed by atoms with Crippen molar-refractivity contribution in [3.63, 3.8) is 0 Å². The van der Waals surface area contributed by atoms with Crippen LogP contribution >= 0.6 is 0 Å². The molecule has 6 nitrogen and oxygen atoms in total. The highest BCUT2D eigenvalue weighted by molar-refractivity contribution is 6.10. The molecule has 2 aliphatic rings. The molecule has 2 aromatic rings. The van der Waals surface area contributed by atoms with E-state index in [1.807, 2.05) is 41.7 Å². The van der Waals surface area contributed by atoms with Crippen LogP contribution in [0.2, 0.25) is 0 Å². The van der Waals surface area contributed by atoms with Gasteiger partial charge in [0, 0.05) is 62.4 Å². The molecule has 1 amide bonds. The Morgan fingerprint density at radius 2 is 2.23 bits per heavy atom. The highest BCUT2D eigenvalue weighted by Gasteiger charge is 2.28. The van der Waals surface area contributed by atoms with Crippen LogP contribution in [-0.2, 0) is 24.2 Å². The monoisotopic (exact) mass is 415 g/mol. The minimum Gasteiger partial charge on any atom is -0.338 e. The lowest BCUT2D eigenvalue weighted by Gasteiger charge is -2.28. The first-order chi connectivity index (χ1) is 15.2. The number of hydrogen-bond donors (Lipinski definition) is 1. The first-order valence-electron chi connectivity index (χ1n) is 10.9. The first kappa shape index (κ1) is 21.0. The summed E-state index contributed by atoms with van der Waals surface area (Å²) < 4.78 is 0. The number of allylic oxidation sites excluding steroid dienone is 3. The molecule has 1 N–H and O–H groups in total. The molecule has 0 fully saturated rings. The highest BCUT2D eigenvalue weighted by atomic mass is 16.2. The molecule has 0 bridgehead atoms. The number of fused-ring (bicyclic) bond motifs is 1. The molecule has 2 aliphatic heterocycles. The van der Waals surface area contributed by atoms with Gasteiger partial charge in [0.05, 0.1) is 12.1 Å². The number of aliphatic imine (C=N–C) groups is 2. The average Bonchev–Trinajstić information content (AvgIpc) is 3.23. The van der Waals surface area contributed by atoms with Gasteiger partial charge in [0.15, 0.2) is 0 Å². The molecule has 1 atom stereocenters. The molecule has 6 heteroatoms. The van der Waals surface area contributed by atoms with E-state index < -0.39 is 0 Å². The summed E-state index contributed by atoms with van der Waals surface area (Å²) in [5.41, 5.74) is 6.55. The van der Waals surface area contributed by atoms with Gasteiger partial charge < -0.3 is 4.90 Å². The molecular formula is C25H29N5O. The van der Waals surface area contributed by atoms with Crippen molar-refractivity contribution in [2.24, 2.45) is 9.98 Å². The third-order valence-electron chi connectivity index (χ3n) is 5.90. The molecule has 1 aromatic heterocycles. The second-order valence-electron chi connectivity index (χ2n) is 7.94. The van der Waals surface area contributed by atoms with Gasteiger partial charge in [0.2, 0.25) is 5.91 Å². The third-order valence-corrected chi connectivity index (χ3v) is 5.90. The first-order valence-corrected chi connectivity index (χ1v) is 10.9. The standard InChI is InChI=1S/C25H29N5O/c1-3-6-20(16-26-2)21-8-5-4-7-19(21)15-24(31)30-14-11-23-22(17-30)25(29-28-23)18-9-12-27-13-10-18/h4-9,12-13,16,18H,3,10-11,14-15,17H2,1-2H3,(H,28,29)/b20-6+,26-16?. The van der Waals surface area contributed by atoms with Gasteiger partial charge in [-0.25, -0.2) is 0 Å². The maximum atomic E-state index is 13.3. The third kappa shape index (κ3) is 4.58. The van der Waals surface area contributed by atoms with Gasteiger partial charge in [0.1, 0.15) is 0 Å². The number of rotatable bonds is 6. The molecule has 1 aromatic carbocycles.